The Morgan fingerprint density at radius 3 is 2.83 bits per heavy atom. The summed E-state index contributed by atoms with van der Waals surface area (Å²) in [6.45, 7) is 4.58. The lowest BCUT2D eigenvalue weighted by atomic mass is 10.1. The van der Waals surface area contributed by atoms with Crippen molar-refractivity contribution in [1.82, 2.24) is 15.2 Å². The van der Waals surface area contributed by atoms with E-state index in [0.29, 0.717) is 12.5 Å². The van der Waals surface area contributed by atoms with Crippen LogP contribution in [0.4, 0.5) is 0 Å². The Balaban J connectivity index is 2.22. The van der Waals surface area contributed by atoms with E-state index in [1.807, 2.05) is 44.4 Å². The predicted octanol–water partition coefficient (Wildman–Crippen LogP) is 3.24. The number of aromatic nitrogens is 1. The van der Waals surface area contributed by atoms with Gasteiger partial charge in [0.25, 0.3) is 0 Å². The highest BCUT2D eigenvalue weighted by Gasteiger charge is 2.10. The number of ether oxygens (including phenoxy) is 1. The second kappa shape index (κ2) is 8.79. The summed E-state index contributed by atoms with van der Waals surface area (Å²) in [6.07, 6.45) is 2.13. The lowest BCUT2D eigenvalue weighted by molar-refractivity contribution is 0.299. The van der Waals surface area contributed by atoms with Crippen LogP contribution in [0.2, 0.25) is 0 Å². The van der Waals surface area contributed by atoms with Crippen molar-refractivity contribution in [2.24, 2.45) is 0 Å². The van der Waals surface area contributed by atoms with Crippen LogP contribution in [0.15, 0.2) is 30.3 Å². The highest BCUT2D eigenvalue weighted by Crippen LogP contribution is 2.22. The third-order valence-corrected chi connectivity index (χ3v) is 3.89. The van der Waals surface area contributed by atoms with E-state index in [4.69, 9.17) is 17.0 Å². The Bertz CT molecular complexity index is 658. The molecule has 23 heavy (non-hydrogen) atoms. The summed E-state index contributed by atoms with van der Waals surface area (Å²) in [7, 11) is 4.10. The maximum atomic E-state index is 5.78. The number of benzene rings is 1. The summed E-state index contributed by atoms with van der Waals surface area (Å²) < 4.78 is 5.78. The first-order valence-corrected chi connectivity index (χ1v) is 8.48. The zero-order valence-corrected chi connectivity index (χ0v) is 14.9. The van der Waals surface area contributed by atoms with Crippen LogP contribution in [0.3, 0.4) is 0 Å². The molecular formula is C18H25N3OS. The summed E-state index contributed by atoms with van der Waals surface area (Å²) in [6, 6.07) is 9.98. The fourth-order valence-electron chi connectivity index (χ4n) is 2.22. The van der Waals surface area contributed by atoms with Crippen LogP contribution in [-0.4, -0.2) is 48.7 Å². The van der Waals surface area contributed by atoms with Crippen molar-refractivity contribution in [2.45, 2.75) is 19.8 Å². The molecule has 0 unspecified atom stereocenters. The predicted molar refractivity (Wildman–Crippen MR) is 100 cm³/mol. The van der Waals surface area contributed by atoms with Crippen molar-refractivity contribution >= 4 is 28.1 Å². The number of rotatable bonds is 8. The fraction of sp³-hybridized carbons (Fsp3) is 0.444. The summed E-state index contributed by atoms with van der Waals surface area (Å²) >= 11 is 5.58. The number of fused-ring (bicyclic) bond motifs is 1. The first-order chi connectivity index (χ1) is 11.1. The molecule has 2 rings (SSSR count). The Morgan fingerprint density at radius 2 is 2.09 bits per heavy atom. The number of nitrogens with one attached hydrogen (secondary N) is 1. The van der Waals surface area contributed by atoms with Gasteiger partial charge in [-0.15, -0.1) is 0 Å². The molecule has 2 aromatic rings. The monoisotopic (exact) mass is 331 g/mol. The molecule has 0 saturated carbocycles. The first kappa shape index (κ1) is 17.6. The van der Waals surface area contributed by atoms with Crippen LogP contribution in [0.1, 0.15) is 25.3 Å². The Morgan fingerprint density at radius 1 is 1.30 bits per heavy atom. The van der Waals surface area contributed by atoms with Crippen molar-refractivity contribution in [1.29, 1.82) is 0 Å². The topological polar surface area (TPSA) is 37.4 Å². The number of pyridine rings is 1. The molecule has 0 spiro atoms. The number of nitrogens with zero attached hydrogens (tertiary/aromatic N) is 2. The average Bonchev–Trinajstić information content (AvgIpc) is 2.54. The highest BCUT2D eigenvalue weighted by molar-refractivity contribution is 7.80. The van der Waals surface area contributed by atoms with E-state index in [2.05, 4.69) is 22.1 Å². The van der Waals surface area contributed by atoms with Gasteiger partial charge in [-0.3, -0.25) is 0 Å². The number of unbranched alkanes of at least 4 members (excludes halogenated alkanes) is 1. The van der Waals surface area contributed by atoms with Crippen molar-refractivity contribution < 1.29 is 4.74 Å². The molecule has 0 bridgehead atoms. The van der Waals surface area contributed by atoms with Crippen molar-refractivity contribution in [3.8, 4) is 5.88 Å². The molecule has 0 atom stereocenters. The van der Waals surface area contributed by atoms with E-state index in [9.17, 15) is 0 Å². The van der Waals surface area contributed by atoms with Crippen LogP contribution in [0.25, 0.3) is 10.9 Å². The van der Waals surface area contributed by atoms with Gasteiger partial charge in [0.1, 0.15) is 4.99 Å². The second-order valence-corrected chi connectivity index (χ2v) is 6.19. The van der Waals surface area contributed by atoms with Gasteiger partial charge in [-0.25, -0.2) is 4.98 Å². The molecule has 5 heteroatoms. The van der Waals surface area contributed by atoms with Gasteiger partial charge >= 0.3 is 0 Å². The van der Waals surface area contributed by atoms with Gasteiger partial charge in [0.15, 0.2) is 0 Å². The van der Waals surface area contributed by atoms with E-state index in [-0.39, 0.29) is 0 Å². The summed E-state index contributed by atoms with van der Waals surface area (Å²) in [5.74, 6) is 0.643. The van der Waals surface area contributed by atoms with Crippen molar-refractivity contribution in [3.63, 3.8) is 0 Å². The molecule has 0 aliphatic heterocycles. The molecule has 0 fully saturated rings. The van der Waals surface area contributed by atoms with E-state index in [0.717, 1.165) is 47.4 Å². The standard InChI is InChI=1S/C18H25N3OS/c1-4-5-12-22-17-13-15(18(23)19-10-11-21(2)3)14-8-6-7-9-16(14)20-17/h6-9,13H,4-5,10-12H2,1-3H3,(H,19,23). The molecule has 0 amide bonds. The van der Waals surface area contributed by atoms with Crippen LogP contribution in [-0.2, 0) is 0 Å². The molecule has 1 aromatic heterocycles. The fourth-order valence-corrected chi connectivity index (χ4v) is 2.49. The third-order valence-electron chi connectivity index (χ3n) is 3.53. The summed E-state index contributed by atoms with van der Waals surface area (Å²) in [5.41, 5.74) is 1.89. The van der Waals surface area contributed by atoms with E-state index in [1.165, 1.54) is 0 Å². The van der Waals surface area contributed by atoms with Gasteiger partial charge in [-0.2, -0.15) is 0 Å². The number of hydrogen-bond acceptors (Lipinski definition) is 4. The molecule has 0 aliphatic carbocycles. The van der Waals surface area contributed by atoms with Crippen LogP contribution in [0, 0.1) is 0 Å². The quantitative estimate of drug-likeness (QED) is 0.594. The Kier molecular flexibility index (Phi) is 6.74. The minimum Gasteiger partial charge on any atom is -0.478 e. The van der Waals surface area contributed by atoms with E-state index >= 15 is 0 Å². The van der Waals surface area contributed by atoms with Crippen molar-refractivity contribution in [2.75, 3.05) is 33.8 Å². The normalized spacial score (nSPS) is 11.0. The minimum absolute atomic E-state index is 0.643. The molecule has 1 aromatic carbocycles. The maximum absolute atomic E-state index is 5.78. The van der Waals surface area contributed by atoms with Crippen molar-refractivity contribution in [3.05, 3.63) is 35.9 Å². The second-order valence-electron chi connectivity index (χ2n) is 5.79. The van der Waals surface area contributed by atoms with Gasteiger partial charge < -0.3 is 15.0 Å². The summed E-state index contributed by atoms with van der Waals surface area (Å²) in [4.78, 5) is 7.45. The SMILES string of the molecule is CCCCOc1cc(C(=S)NCCN(C)C)c2ccccc2n1. The van der Waals surface area contributed by atoms with Gasteiger partial charge in [0.05, 0.1) is 12.1 Å². The van der Waals surface area contributed by atoms with Gasteiger partial charge in [0.2, 0.25) is 5.88 Å². The molecule has 0 radical (unpaired) electrons. The Labute approximate surface area is 143 Å². The Hall–Kier alpha value is -1.72. The maximum Gasteiger partial charge on any atom is 0.214 e. The molecule has 0 aliphatic rings. The van der Waals surface area contributed by atoms with Gasteiger partial charge in [0, 0.05) is 30.1 Å². The molecule has 0 saturated heterocycles. The molecule has 4 nitrogen and oxygen atoms in total. The van der Waals surface area contributed by atoms with Gasteiger partial charge in [-0.05, 0) is 26.6 Å². The zero-order valence-electron chi connectivity index (χ0n) is 14.1. The highest BCUT2D eigenvalue weighted by atomic mass is 32.1. The number of hydrogen-bond donors (Lipinski definition) is 1. The molecule has 124 valence electrons. The first-order valence-electron chi connectivity index (χ1n) is 8.07. The van der Waals surface area contributed by atoms with Crippen LogP contribution < -0.4 is 10.1 Å². The lowest BCUT2D eigenvalue weighted by Gasteiger charge is -2.14. The minimum atomic E-state index is 0.643. The third kappa shape index (κ3) is 5.15. The van der Waals surface area contributed by atoms with Crippen LogP contribution >= 0.6 is 12.2 Å². The smallest absolute Gasteiger partial charge is 0.214 e. The molecule has 1 N–H and O–H groups in total. The molecule has 1 heterocycles. The number of thiocarbonyl (C=S) groups is 1. The zero-order chi connectivity index (χ0) is 16.7. The van der Waals surface area contributed by atoms with E-state index < -0.39 is 0 Å². The van der Waals surface area contributed by atoms with E-state index in [1.54, 1.807) is 0 Å². The lowest BCUT2D eigenvalue weighted by Crippen LogP contribution is -2.30. The summed E-state index contributed by atoms with van der Waals surface area (Å²) in [5, 5.41) is 4.38. The van der Waals surface area contributed by atoms with Gasteiger partial charge in [-0.1, -0.05) is 43.8 Å². The molecular weight excluding hydrogens is 306 g/mol. The average molecular weight is 331 g/mol. The largest absolute Gasteiger partial charge is 0.478 e. The van der Waals surface area contributed by atoms with Crippen LogP contribution in [0.5, 0.6) is 5.88 Å². The number of para-hydroxylation sites is 1. The number of likely N-dealkylation sites (N-methyl/N-ethyl adjacent to an activating group) is 1.